The first-order valence-electron chi connectivity index (χ1n) is 9.14. The number of para-hydroxylation sites is 1. The molecule has 1 atom stereocenters. The normalized spacial score (nSPS) is 19.5. The molecule has 0 bridgehead atoms. The van der Waals surface area contributed by atoms with Crippen molar-refractivity contribution in [2.24, 2.45) is 0 Å². The lowest BCUT2D eigenvalue weighted by Crippen LogP contribution is -2.32. The fraction of sp³-hybridized carbons (Fsp3) is 0.333. The smallest absolute Gasteiger partial charge is 0.0519 e. The molecule has 4 heteroatoms. The molecule has 128 valence electrons. The minimum absolute atomic E-state index is 0.393. The van der Waals surface area contributed by atoms with Crippen LogP contribution in [0.5, 0.6) is 0 Å². The SMILES string of the molecule is Clc1cccc(NC2Cc3cccc4c5c(n(c34)C2)CCNCC5)c1. The lowest BCUT2D eigenvalue weighted by Gasteiger charge is -2.28. The molecule has 0 amide bonds. The molecule has 0 radical (unpaired) electrons. The summed E-state index contributed by atoms with van der Waals surface area (Å²) in [4.78, 5) is 0. The van der Waals surface area contributed by atoms with Gasteiger partial charge in [-0.25, -0.2) is 0 Å². The number of halogens is 1. The van der Waals surface area contributed by atoms with Gasteiger partial charge in [0.2, 0.25) is 0 Å². The lowest BCUT2D eigenvalue weighted by atomic mass is 9.98. The maximum absolute atomic E-state index is 6.15. The van der Waals surface area contributed by atoms with Crippen LogP contribution in [0.1, 0.15) is 16.8 Å². The zero-order valence-corrected chi connectivity index (χ0v) is 14.9. The monoisotopic (exact) mass is 351 g/mol. The molecule has 0 aliphatic carbocycles. The van der Waals surface area contributed by atoms with E-state index in [2.05, 4.69) is 39.5 Å². The third-order valence-corrected chi connectivity index (χ3v) is 5.78. The van der Waals surface area contributed by atoms with Gasteiger partial charge in [0, 0.05) is 47.3 Å². The van der Waals surface area contributed by atoms with E-state index in [0.717, 1.165) is 49.6 Å². The Balaban J connectivity index is 1.55. The number of benzene rings is 2. The number of anilines is 1. The second-order valence-electron chi connectivity index (χ2n) is 7.15. The van der Waals surface area contributed by atoms with E-state index in [-0.39, 0.29) is 0 Å². The van der Waals surface area contributed by atoms with Crippen LogP contribution >= 0.6 is 11.6 Å². The van der Waals surface area contributed by atoms with Gasteiger partial charge < -0.3 is 15.2 Å². The standard InChI is InChI=1S/C21H22ClN3/c22-15-4-2-5-16(12-15)24-17-11-14-3-1-6-19-18-7-9-23-10-8-20(18)25(13-17)21(14)19/h1-6,12,17,23-24H,7-11,13H2. The van der Waals surface area contributed by atoms with Gasteiger partial charge >= 0.3 is 0 Å². The van der Waals surface area contributed by atoms with E-state index in [1.165, 1.54) is 22.2 Å². The molecule has 2 aromatic carbocycles. The Hall–Kier alpha value is -1.97. The number of fused-ring (bicyclic) bond motifs is 3. The summed E-state index contributed by atoms with van der Waals surface area (Å²) in [6.07, 6.45) is 3.31. The summed E-state index contributed by atoms with van der Waals surface area (Å²) in [5, 5.41) is 9.49. The fourth-order valence-corrected chi connectivity index (χ4v) is 4.73. The van der Waals surface area contributed by atoms with Gasteiger partial charge in [-0.3, -0.25) is 0 Å². The second kappa shape index (κ2) is 6.08. The van der Waals surface area contributed by atoms with Crippen LogP contribution in [0, 0.1) is 0 Å². The van der Waals surface area contributed by atoms with Gasteiger partial charge in [0.25, 0.3) is 0 Å². The van der Waals surface area contributed by atoms with Crippen molar-refractivity contribution in [1.29, 1.82) is 0 Å². The molecule has 1 aromatic heterocycles. The maximum Gasteiger partial charge on any atom is 0.0519 e. The lowest BCUT2D eigenvalue weighted by molar-refractivity contribution is 0.553. The Morgan fingerprint density at radius 3 is 2.88 bits per heavy atom. The van der Waals surface area contributed by atoms with Crippen LogP contribution in [-0.2, 0) is 25.8 Å². The van der Waals surface area contributed by atoms with Gasteiger partial charge in [0.1, 0.15) is 0 Å². The summed E-state index contributed by atoms with van der Waals surface area (Å²) in [6.45, 7) is 3.18. The predicted octanol–water partition coefficient (Wildman–Crippen LogP) is 4.02. The third-order valence-electron chi connectivity index (χ3n) is 5.54. The summed E-state index contributed by atoms with van der Waals surface area (Å²) in [5.74, 6) is 0. The molecule has 0 fully saturated rings. The van der Waals surface area contributed by atoms with Gasteiger partial charge in [-0.15, -0.1) is 0 Å². The van der Waals surface area contributed by atoms with Gasteiger partial charge in [-0.1, -0.05) is 35.9 Å². The Bertz CT molecular complexity index is 944. The number of nitrogens with zero attached hydrogens (tertiary/aromatic N) is 1. The molecule has 0 saturated carbocycles. The first-order valence-corrected chi connectivity index (χ1v) is 9.52. The number of aromatic nitrogens is 1. The zero-order valence-electron chi connectivity index (χ0n) is 14.2. The Morgan fingerprint density at radius 1 is 1.08 bits per heavy atom. The largest absolute Gasteiger partial charge is 0.380 e. The quantitative estimate of drug-likeness (QED) is 0.730. The molecule has 2 N–H and O–H groups in total. The van der Waals surface area contributed by atoms with E-state index >= 15 is 0 Å². The Labute approximate surface area is 153 Å². The highest BCUT2D eigenvalue weighted by atomic mass is 35.5. The van der Waals surface area contributed by atoms with Crippen molar-refractivity contribution in [3.05, 3.63) is 64.3 Å². The average Bonchev–Trinajstić information content (AvgIpc) is 2.77. The van der Waals surface area contributed by atoms with Crippen molar-refractivity contribution in [3.8, 4) is 0 Å². The highest BCUT2D eigenvalue weighted by Gasteiger charge is 2.26. The van der Waals surface area contributed by atoms with Crippen molar-refractivity contribution < 1.29 is 0 Å². The minimum atomic E-state index is 0.393. The van der Waals surface area contributed by atoms with Crippen LogP contribution in [-0.4, -0.2) is 23.7 Å². The molecule has 2 aliphatic heterocycles. The molecule has 3 heterocycles. The molecule has 3 aromatic rings. The van der Waals surface area contributed by atoms with E-state index in [1.54, 1.807) is 5.56 Å². The molecular weight excluding hydrogens is 330 g/mol. The predicted molar refractivity (Wildman–Crippen MR) is 105 cm³/mol. The first-order chi connectivity index (χ1) is 12.3. The van der Waals surface area contributed by atoms with E-state index in [4.69, 9.17) is 11.6 Å². The number of hydrogen-bond donors (Lipinski definition) is 2. The Kier molecular flexibility index (Phi) is 3.72. The number of rotatable bonds is 2. The highest BCUT2D eigenvalue weighted by Crippen LogP contribution is 2.34. The Morgan fingerprint density at radius 2 is 1.96 bits per heavy atom. The summed E-state index contributed by atoms with van der Waals surface area (Å²) < 4.78 is 2.58. The van der Waals surface area contributed by atoms with Crippen LogP contribution in [0.3, 0.4) is 0 Å². The van der Waals surface area contributed by atoms with Crippen molar-refractivity contribution in [2.45, 2.75) is 31.8 Å². The van der Waals surface area contributed by atoms with Crippen LogP contribution < -0.4 is 10.6 Å². The minimum Gasteiger partial charge on any atom is -0.380 e. The van der Waals surface area contributed by atoms with Crippen molar-refractivity contribution >= 4 is 28.2 Å². The van der Waals surface area contributed by atoms with E-state index in [1.807, 2.05) is 18.2 Å². The van der Waals surface area contributed by atoms with Crippen LogP contribution in [0.2, 0.25) is 5.02 Å². The molecule has 5 rings (SSSR count). The number of hydrogen-bond acceptors (Lipinski definition) is 2. The molecule has 2 aliphatic rings. The molecular formula is C21H22ClN3. The molecule has 25 heavy (non-hydrogen) atoms. The van der Waals surface area contributed by atoms with Gasteiger partial charge in [-0.2, -0.15) is 0 Å². The van der Waals surface area contributed by atoms with Crippen molar-refractivity contribution in [2.75, 3.05) is 18.4 Å². The van der Waals surface area contributed by atoms with Crippen LogP contribution in [0.15, 0.2) is 42.5 Å². The highest BCUT2D eigenvalue weighted by molar-refractivity contribution is 6.30. The second-order valence-corrected chi connectivity index (χ2v) is 7.59. The number of nitrogens with one attached hydrogen (secondary N) is 2. The fourth-order valence-electron chi connectivity index (χ4n) is 4.54. The molecule has 1 unspecified atom stereocenters. The average molecular weight is 352 g/mol. The van der Waals surface area contributed by atoms with E-state index < -0.39 is 0 Å². The van der Waals surface area contributed by atoms with Gasteiger partial charge in [0.15, 0.2) is 0 Å². The summed E-state index contributed by atoms with van der Waals surface area (Å²) in [6, 6.07) is 15.3. The molecule has 0 saturated heterocycles. The van der Waals surface area contributed by atoms with Gasteiger partial charge in [0.05, 0.1) is 5.52 Å². The summed E-state index contributed by atoms with van der Waals surface area (Å²) >= 11 is 6.15. The topological polar surface area (TPSA) is 29.0 Å². The first kappa shape index (κ1) is 15.3. The summed E-state index contributed by atoms with van der Waals surface area (Å²) in [7, 11) is 0. The van der Waals surface area contributed by atoms with Crippen LogP contribution in [0.25, 0.3) is 10.9 Å². The summed E-state index contributed by atoms with van der Waals surface area (Å²) in [5.41, 5.74) is 7.13. The third kappa shape index (κ3) is 2.62. The van der Waals surface area contributed by atoms with Crippen LogP contribution in [0.4, 0.5) is 5.69 Å². The zero-order chi connectivity index (χ0) is 16.8. The van der Waals surface area contributed by atoms with E-state index in [9.17, 15) is 0 Å². The van der Waals surface area contributed by atoms with Crippen molar-refractivity contribution in [3.63, 3.8) is 0 Å². The maximum atomic E-state index is 6.15. The van der Waals surface area contributed by atoms with Crippen molar-refractivity contribution in [1.82, 2.24) is 9.88 Å². The van der Waals surface area contributed by atoms with E-state index in [0.29, 0.717) is 6.04 Å². The molecule has 0 spiro atoms. The van der Waals surface area contributed by atoms with Gasteiger partial charge in [-0.05, 0) is 48.7 Å². The molecule has 3 nitrogen and oxygen atoms in total.